The Kier molecular flexibility index (Phi) is 8.21. The van der Waals surface area contributed by atoms with E-state index in [1.165, 1.54) is 31.9 Å². The predicted octanol–water partition coefficient (Wildman–Crippen LogP) is 2.19. The summed E-state index contributed by atoms with van der Waals surface area (Å²) in [6.45, 7) is 8.04. The molecule has 3 atom stereocenters. The first kappa shape index (κ1) is 19.3. The average molecular weight is 332 g/mol. The van der Waals surface area contributed by atoms with Crippen molar-refractivity contribution in [1.29, 1.82) is 0 Å². The van der Waals surface area contributed by atoms with Crippen LogP contribution in [0.2, 0.25) is 0 Å². The van der Waals surface area contributed by atoms with E-state index in [2.05, 4.69) is 17.6 Å². The maximum Gasteiger partial charge on any atom is 0.191 e. The van der Waals surface area contributed by atoms with Gasteiger partial charge in [-0.05, 0) is 38.5 Å². The quantitative estimate of drug-likeness (QED) is 0.554. The molecule has 0 aliphatic heterocycles. The minimum atomic E-state index is -2.90. The molecule has 1 rings (SSSR count). The van der Waals surface area contributed by atoms with E-state index in [1.54, 1.807) is 0 Å². The van der Waals surface area contributed by atoms with Gasteiger partial charge in [0.2, 0.25) is 0 Å². The first-order chi connectivity index (χ1) is 10.3. The molecule has 0 aromatic rings. The van der Waals surface area contributed by atoms with Crippen LogP contribution in [0.4, 0.5) is 0 Å². The van der Waals surface area contributed by atoms with Crippen LogP contribution in [0.1, 0.15) is 52.9 Å². The molecular formula is C16H33N3O2S. The highest BCUT2D eigenvalue weighted by Gasteiger charge is 2.21. The Morgan fingerprint density at radius 2 is 2.00 bits per heavy atom. The van der Waals surface area contributed by atoms with Gasteiger partial charge in [-0.25, -0.2) is 8.42 Å². The third-order valence-corrected chi connectivity index (χ3v) is 5.40. The highest BCUT2D eigenvalue weighted by atomic mass is 32.2. The Morgan fingerprint density at radius 3 is 2.59 bits per heavy atom. The summed E-state index contributed by atoms with van der Waals surface area (Å²) < 4.78 is 22.5. The van der Waals surface area contributed by atoms with Crippen molar-refractivity contribution in [2.75, 3.05) is 25.1 Å². The van der Waals surface area contributed by atoms with E-state index in [0.717, 1.165) is 25.0 Å². The van der Waals surface area contributed by atoms with Crippen LogP contribution in [0.5, 0.6) is 0 Å². The third-order valence-electron chi connectivity index (χ3n) is 4.42. The van der Waals surface area contributed by atoms with Crippen molar-refractivity contribution in [2.45, 2.75) is 58.9 Å². The Bertz CT molecular complexity index is 448. The van der Waals surface area contributed by atoms with E-state index in [1.807, 2.05) is 13.8 Å². The van der Waals surface area contributed by atoms with Crippen molar-refractivity contribution < 1.29 is 8.42 Å². The molecule has 0 amide bonds. The number of rotatable bonds is 7. The zero-order valence-electron chi connectivity index (χ0n) is 14.6. The predicted molar refractivity (Wildman–Crippen MR) is 94.0 cm³/mol. The fourth-order valence-electron chi connectivity index (χ4n) is 2.89. The lowest BCUT2D eigenvalue weighted by atomic mass is 9.80. The molecule has 0 heterocycles. The van der Waals surface area contributed by atoms with Gasteiger partial charge < -0.3 is 10.6 Å². The van der Waals surface area contributed by atoms with Gasteiger partial charge in [0.05, 0.1) is 5.75 Å². The van der Waals surface area contributed by atoms with Crippen molar-refractivity contribution in [2.24, 2.45) is 16.8 Å². The molecule has 0 aromatic heterocycles. The van der Waals surface area contributed by atoms with E-state index >= 15 is 0 Å². The molecule has 3 unspecified atom stereocenters. The highest BCUT2D eigenvalue weighted by Crippen LogP contribution is 2.29. The second kappa shape index (κ2) is 9.38. The number of guanidine groups is 1. The molecule has 0 saturated heterocycles. The van der Waals surface area contributed by atoms with Gasteiger partial charge in [0.1, 0.15) is 9.84 Å². The lowest BCUT2D eigenvalue weighted by Gasteiger charge is -2.27. The van der Waals surface area contributed by atoms with Crippen LogP contribution in [0, 0.1) is 11.8 Å². The Balaban J connectivity index is 2.50. The van der Waals surface area contributed by atoms with Crippen molar-refractivity contribution in [3.05, 3.63) is 0 Å². The van der Waals surface area contributed by atoms with Crippen molar-refractivity contribution in [1.82, 2.24) is 10.6 Å². The van der Waals surface area contributed by atoms with Crippen LogP contribution in [-0.2, 0) is 9.84 Å². The van der Waals surface area contributed by atoms with Crippen LogP contribution >= 0.6 is 0 Å². The molecule has 1 saturated carbocycles. The van der Waals surface area contributed by atoms with Crippen molar-refractivity contribution in [3.63, 3.8) is 0 Å². The maximum absolute atomic E-state index is 11.2. The van der Waals surface area contributed by atoms with Crippen LogP contribution in [-0.4, -0.2) is 45.5 Å². The number of hydrogen-bond acceptors (Lipinski definition) is 3. The van der Waals surface area contributed by atoms with E-state index in [9.17, 15) is 8.42 Å². The van der Waals surface area contributed by atoms with E-state index in [4.69, 9.17) is 4.99 Å². The monoisotopic (exact) mass is 331 g/mol. The van der Waals surface area contributed by atoms with Gasteiger partial charge in [0.15, 0.2) is 5.96 Å². The number of aliphatic imine (C=N–C) groups is 1. The molecule has 130 valence electrons. The molecule has 1 fully saturated rings. The second-order valence-electron chi connectivity index (χ2n) is 6.71. The van der Waals surface area contributed by atoms with E-state index in [0.29, 0.717) is 12.3 Å². The van der Waals surface area contributed by atoms with E-state index < -0.39 is 9.84 Å². The molecule has 0 aromatic carbocycles. The van der Waals surface area contributed by atoms with Crippen LogP contribution in [0.15, 0.2) is 4.99 Å². The summed E-state index contributed by atoms with van der Waals surface area (Å²) in [6.07, 6.45) is 7.14. The lowest BCUT2D eigenvalue weighted by Crippen LogP contribution is -2.43. The summed E-state index contributed by atoms with van der Waals surface area (Å²) in [5.74, 6) is 2.44. The normalized spacial score (nSPS) is 24.8. The smallest absolute Gasteiger partial charge is 0.191 e. The Labute approximate surface area is 136 Å². The highest BCUT2D eigenvalue weighted by molar-refractivity contribution is 7.90. The molecule has 22 heavy (non-hydrogen) atoms. The van der Waals surface area contributed by atoms with Crippen LogP contribution in [0.3, 0.4) is 0 Å². The Morgan fingerprint density at radius 1 is 1.32 bits per heavy atom. The second-order valence-corrected chi connectivity index (χ2v) is 8.97. The van der Waals surface area contributed by atoms with Gasteiger partial charge in [-0.2, -0.15) is 0 Å². The molecule has 0 bridgehead atoms. The molecule has 2 N–H and O–H groups in total. The van der Waals surface area contributed by atoms with Crippen molar-refractivity contribution >= 4 is 15.8 Å². The van der Waals surface area contributed by atoms with E-state index in [-0.39, 0.29) is 11.8 Å². The number of nitrogens with zero attached hydrogens (tertiary/aromatic N) is 1. The molecule has 1 aliphatic rings. The minimum absolute atomic E-state index is 0.0938. The standard InChI is InChI=1S/C16H33N3O2S/c1-5-17-16(19-14(3)10-11-22(4,20)21)18-12-15-9-7-6-8-13(15)2/h13-15H,5-12H2,1-4H3,(H2,17,18,19). The Hall–Kier alpha value is -0.780. The van der Waals surface area contributed by atoms with Gasteiger partial charge in [0, 0.05) is 25.4 Å². The largest absolute Gasteiger partial charge is 0.357 e. The summed E-state index contributed by atoms with van der Waals surface area (Å²) in [7, 11) is -2.90. The first-order valence-corrected chi connectivity index (χ1v) is 10.6. The SMILES string of the molecule is CCNC(=NCC1CCCCC1C)NC(C)CCS(C)(=O)=O. The van der Waals surface area contributed by atoms with Gasteiger partial charge in [-0.15, -0.1) is 0 Å². The minimum Gasteiger partial charge on any atom is -0.357 e. The molecule has 6 heteroatoms. The number of nitrogens with one attached hydrogen (secondary N) is 2. The fraction of sp³-hybridized carbons (Fsp3) is 0.938. The first-order valence-electron chi connectivity index (χ1n) is 8.54. The summed E-state index contributed by atoms with van der Waals surface area (Å²) in [4.78, 5) is 4.72. The third kappa shape index (κ3) is 8.01. The zero-order chi connectivity index (χ0) is 16.6. The molecular weight excluding hydrogens is 298 g/mol. The molecule has 0 spiro atoms. The fourth-order valence-corrected chi connectivity index (χ4v) is 3.67. The molecule has 0 radical (unpaired) electrons. The van der Waals surface area contributed by atoms with Gasteiger partial charge in [0.25, 0.3) is 0 Å². The van der Waals surface area contributed by atoms with Gasteiger partial charge in [-0.1, -0.05) is 26.2 Å². The van der Waals surface area contributed by atoms with Gasteiger partial charge in [-0.3, -0.25) is 4.99 Å². The summed E-state index contributed by atoms with van der Waals surface area (Å²) >= 11 is 0. The molecule has 5 nitrogen and oxygen atoms in total. The lowest BCUT2D eigenvalue weighted by molar-refractivity contribution is 0.263. The molecule has 1 aliphatic carbocycles. The topological polar surface area (TPSA) is 70.6 Å². The van der Waals surface area contributed by atoms with Crippen molar-refractivity contribution in [3.8, 4) is 0 Å². The number of sulfone groups is 1. The number of hydrogen-bond donors (Lipinski definition) is 2. The summed E-state index contributed by atoms with van der Waals surface area (Å²) in [5, 5.41) is 6.57. The summed E-state index contributed by atoms with van der Waals surface area (Å²) in [5.41, 5.74) is 0. The zero-order valence-corrected chi connectivity index (χ0v) is 15.4. The van der Waals surface area contributed by atoms with Crippen LogP contribution in [0.25, 0.3) is 0 Å². The van der Waals surface area contributed by atoms with Crippen LogP contribution < -0.4 is 10.6 Å². The summed E-state index contributed by atoms with van der Waals surface area (Å²) in [6, 6.07) is 0.0938. The maximum atomic E-state index is 11.2. The average Bonchev–Trinajstić information content (AvgIpc) is 2.43. The van der Waals surface area contributed by atoms with Gasteiger partial charge >= 0.3 is 0 Å².